The average molecular weight is 316 g/mol. The summed E-state index contributed by atoms with van der Waals surface area (Å²) in [6.45, 7) is -1.09. The zero-order valence-corrected chi connectivity index (χ0v) is 12.1. The van der Waals surface area contributed by atoms with Crippen LogP contribution in [0.2, 0.25) is 0 Å². The maximum absolute atomic E-state index is 13.8. The first-order valence-corrected chi connectivity index (χ1v) is 7.61. The summed E-state index contributed by atoms with van der Waals surface area (Å²) in [6.07, 6.45) is 0. The van der Waals surface area contributed by atoms with Gasteiger partial charge in [-0.3, -0.25) is 0 Å². The van der Waals surface area contributed by atoms with Crippen molar-refractivity contribution < 1.29 is 23.0 Å². The Morgan fingerprint density at radius 3 is 2.33 bits per heavy atom. The molecule has 6 nitrogen and oxygen atoms in total. The van der Waals surface area contributed by atoms with Crippen molar-refractivity contribution >= 4 is 10.0 Å². The lowest BCUT2D eigenvalue weighted by Crippen LogP contribution is -2.35. The van der Waals surface area contributed by atoms with Gasteiger partial charge in [0.25, 0.3) is 0 Å². The van der Waals surface area contributed by atoms with E-state index < -0.39 is 29.1 Å². The van der Waals surface area contributed by atoms with Crippen LogP contribution in [0.4, 0.5) is 4.39 Å². The van der Waals surface area contributed by atoms with Crippen molar-refractivity contribution in [3.63, 3.8) is 0 Å². The van der Waals surface area contributed by atoms with Crippen LogP contribution in [0.3, 0.4) is 0 Å². The number of rotatable bonds is 6. The maximum Gasteiger partial charge on any atom is 0.243 e. The molecule has 1 aromatic carbocycles. The Hall–Kier alpha value is -1.50. The molecule has 0 saturated heterocycles. The van der Waals surface area contributed by atoms with Gasteiger partial charge in [-0.15, -0.1) is 0 Å². The van der Waals surface area contributed by atoms with Gasteiger partial charge in [-0.1, -0.05) is 11.8 Å². The minimum atomic E-state index is -3.98. The van der Waals surface area contributed by atoms with E-state index in [1.54, 1.807) is 0 Å². The Bertz CT molecular complexity index is 631. The summed E-state index contributed by atoms with van der Waals surface area (Å²) in [7, 11) is -3.98. The molecule has 8 heteroatoms. The van der Waals surface area contributed by atoms with Crippen LogP contribution >= 0.6 is 0 Å². The monoisotopic (exact) mass is 316 g/mol. The van der Waals surface area contributed by atoms with E-state index in [1.165, 1.54) is 12.1 Å². The standard InChI is InChI=1S/C13H17FN2O4S/c14-13-10-12(4-3-11(13)2-1-5-15)21(19,20)16(6-8-17)7-9-18/h3-4,10,17-18H,5-9,15H2. The highest BCUT2D eigenvalue weighted by molar-refractivity contribution is 7.89. The van der Waals surface area contributed by atoms with Gasteiger partial charge in [0.05, 0.1) is 30.2 Å². The average Bonchev–Trinajstić information content (AvgIpc) is 2.45. The number of sulfonamides is 1. The van der Waals surface area contributed by atoms with E-state index in [9.17, 15) is 12.8 Å². The number of hydrogen-bond donors (Lipinski definition) is 3. The minimum Gasteiger partial charge on any atom is -0.395 e. The van der Waals surface area contributed by atoms with Crippen LogP contribution in [0, 0.1) is 17.7 Å². The third-order valence-electron chi connectivity index (χ3n) is 2.60. The number of hydrogen-bond acceptors (Lipinski definition) is 5. The van der Waals surface area contributed by atoms with Crippen molar-refractivity contribution in [1.29, 1.82) is 0 Å². The molecule has 0 aliphatic carbocycles. The molecule has 0 atom stereocenters. The molecule has 1 aromatic rings. The lowest BCUT2D eigenvalue weighted by molar-refractivity contribution is 0.217. The van der Waals surface area contributed by atoms with Crippen molar-refractivity contribution in [2.45, 2.75) is 4.90 Å². The fourth-order valence-corrected chi connectivity index (χ4v) is 3.06. The molecule has 0 aliphatic rings. The number of nitrogens with zero attached hydrogens (tertiary/aromatic N) is 1. The van der Waals surface area contributed by atoms with Gasteiger partial charge in [-0.2, -0.15) is 4.31 Å². The topological polar surface area (TPSA) is 104 Å². The third kappa shape index (κ3) is 4.49. The molecule has 0 amide bonds. The van der Waals surface area contributed by atoms with E-state index in [0.29, 0.717) is 0 Å². The number of halogens is 1. The molecule has 0 radical (unpaired) electrons. The van der Waals surface area contributed by atoms with Gasteiger partial charge in [0, 0.05) is 13.1 Å². The summed E-state index contributed by atoms with van der Waals surface area (Å²) in [5, 5.41) is 17.8. The molecule has 0 fully saturated rings. The second kappa shape index (κ2) is 8.07. The number of aliphatic hydroxyl groups is 2. The Kier molecular flexibility index (Phi) is 6.74. The summed E-state index contributed by atoms with van der Waals surface area (Å²) >= 11 is 0. The van der Waals surface area contributed by atoms with Gasteiger partial charge in [-0.05, 0) is 18.2 Å². The van der Waals surface area contributed by atoms with Crippen LogP contribution in [-0.4, -0.2) is 55.8 Å². The number of aliphatic hydroxyl groups excluding tert-OH is 2. The number of benzene rings is 1. The summed E-state index contributed by atoms with van der Waals surface area (Å²) < 4.78 is 39.2. The SMILES string of the molecule is NCC#Cc1ccc(S(=O)(=O)N(CCO)CCO)cc1F. The molecule has 0 unspecified atom stereocenters. The highest BCUT2D eigenvalue weighted by Crippen LogP contribution is 2.18. The quantitative estimate of drug-likeness (QED) is 0.591. The van der Waals surface area contributed by atoms with Gasteiger partial charge in [-0.25, -0.2) is 12.8 Å². The number of nitrogens with two attached hydrogens (primary N) is 1. The Morgan fingerprint density at radius 1 is 1.24 bits per heavy atom. The second-order valence-corrected chi connectivity index (χ2v) is 5.94. The summed E-state index contributed by atoms with van der Waals surface area (Å²) in [5.74, 6) is 4.20. The molecule has 116 valence electrons. The third-order valence-corrected chi connectivity index (χ3v) is 4.50. The molecular weight excluding hydrogens is 299 g/mol. The predicted molar refractivity (Wildman–Crippen MR) is 75.3 cm³/mol. The smallest absolute Gasteiger partial charge is 0.243 e. The zero-order chi connectivity index (χ0) is 15.9. The lowest BCUT2D eigenvalue weighted by Gasteiger charge is -2.20. The van der Waals surface area contributed by atoms with Gasteiger partial charge >= 0.3 is 0 Å². The molecule has 4 N–H and O–H groups in total. The normalized spacial score (nSPS) is 11.3. The molecule has 0 heterocycles. The van der Waals surface area contributed by atoms with Crippen LogP contribution < -0.4 is 5.73 Å². The molecule has 0 saturated carbocycles. The molecule has 0 spiro atoms. The molecular formula is C13H17FN2O4S. The highest BCUT2D eigenvalue weighted by Gasteiger charge is 2.24. The summed E-state index contributed by atoms with van der Waals surface area (Å²) in [6, 6.07) is 3.33. The van der Waals surface area contributed by atoms with E-state index in [-0.39, 0.29) is 30.1 Å². The molecule has 1 rings (SSSR count). The van der Waals surface area contributed by atoms with Crippen molar-refractivity contribution in [2.75, 3.05) is 32.8 Å². The fourth-order valence-electron chi connectivity index (χ4n) is 1.63. The van der Waals surface area contributed by atoms with Gasteiger partial charge in [0.1, 0.15) is 5.82 Å². The van der Waals surface area contributed by atoms with E-state index in [2.05, 4.69) is 11.8 Å². The van der Waals surface area contributed by atoms with Crippen LogP contribution in [-0.2, 0) is 10.0 Å². The zero-order valence-electron chi connectivity index (χ0n) is 11.3. The van der Waals surface area contributed by atoms with Crippen LogP contribution in [0.5, 0.6) is 0 Å². The first-order valence-electron chi connectivity index (χ1n) is 6.17. The largest absolute Gasteiger partial charge is 0.395 e. The fraction of sp³-hybridized carbons (Fsp3) is 0.385. The van der Waals surface area contributed by atoms with Gasteiger partial charge in [0.2, 0.25) is 10.0 Å². The van der Waals surface area contributed by atoms with Crippen LogP contribution in [0.1, 0.15) is 5.56 Å². The summed E-state index contributed by atoms with van der Waals surface area (Å²) in [4.78, 5) is -0.264. The van der Waals surface area contributed by atoms with E-state index in [1.807, 2.05) is 0 Å². The van der Waals surface area contributed by atoms with E-state index in [0.717, 1.165) is 10.4 Å². The predicted octanol–water partition coefficient (Wildman–Crippen LogP) is -0.889. The van der Waals surface area contributed by atoms with Gasteiger partial charge < -0.3 is 15.9 Å². The lowest BCUT2D eigenvalue weighted by atomic mass is 10.2. The molecule has 0 aromatic heterocycles. The van der Waals surface area contributed by atoms with Crippen molar-refractivity contribution in [3.8, 4) is 11.8 Å². The maximum atomic E-state index is 13.8. The van der Waals surface area contributed by atoms with E-state index in [4.69, 9.17) is 15.9 Å². The molecule has 0 aliphatic heterocycles. The van der Waals surface area contributed by atoms with E-state index >= 15 is 0 Å². The van der Waals surface area contributed by atoms with Crippen LogP contribution in [0.15, 0.2) is 23.1 Å². The second-order valence-electron chi connectivity index (χ2n) is 4.00. The Balaban J connectivity index is 3.16. The van der Waals surface area contributed by atoms with Crippen molar-refractivity contribution in [2.24, 2.45) is 5.73 Å². The minimum absolute atomic E-state index is 0.0512. The molecule has 21 heavy (non-hydrogen) atoms. The first-order chi connectivity index (χ1) is 9.97. The molecule has 0 bridgehead atoms. The Labute approximate surface area is 123 Å². The highest BCUT2D eigenvalue weighted by atomic mass is 32.2. The van der Waals surface area contributed by atoms with Crippen LogP contribution in [0.25, 0.3) is 0 Å². The summed E-state index contributed by atoms with van der Waals surface area (Å²) in [5.41, 5.74) is 5.24. The van der Waals surface area contributed by atoms with Gasteiger partial charge in [0.15, 0.2) is 0 Å². The van der Waals surface area contributed by atoms with Crippen molar-refractivity contribution in [1.82, 2.24) is 4.31 Å². The van der Waals surface area contributed by atoms with Crippen molar-refractivity contribution in [3.05, 3.63) is 29.6 Å². The first kappa shape index (κ1) is 17.6. The Morgan fingerprint density at radius 2 is 1.86 bits per heavy atom.